The molecule has 0 aliphatic carbocycles. The molecule has 0 unspecified atom stereocenters. The third-order valence-electron chi connectivity index (χ3n) is 4.33. The Morgan fingerprint density at radius 2 is 1.50 bits per heavy atom. The number of carbonyl (C=O) groups is 1. The maximum absolute atomic E-state index is 12.9. The molecular weight excluding hydrogens is 368 g/mol. The average molecular weight is 403 g/mol. The van der Waals surface area contributed by atoms with Gasteiger partial charge in [0, 0.05) is 17.4 Å². The number of ketones is 1. The van der Waals surface area contributed by atoms with Gasteiger partial charge in [-0.25, -0.2) is 3.63 Å². The second-order valence-corrected chi connectivity index (χ2v) is 12.1. The molecule has 0 saturated carbocycles. The van der Waals surface area contributed by atoms with Crippen molar-refractivity contribution in [2.75, 3.05) is 17.3 Å². The first-order chi connectivity index (χ1) is 12.2. The molecule has 4 nitrogen and oxygen atoms in total. The lowest BCUT2D eigenvalue weighted by molar-refractivity contribution is -0.119. The van der Waals surface area contributed by atoms with Crippen LogP contribution >= 0.6 is 10.3 Å². The van der Waals surface area contributed by atoms with Crippen LogP contribution in [0.4, 0.5) is 0 Å². The Morgan fingerprint density at radius 3 is 1.92 bits per heavy atom. The zero-order chi connectivity index (χ0) is 19.8. The van der Waals surface area contributed by atoms with Crippen molar-refractivity contribution in [2.45, 2.75) is 65.2 Å². The normalized spacial score (nSPS) is 13.2. The van der Waals surface area contributed by atoms with Gasteiger partial charge in [0.1, 0.15) is 5.78 Å². The highest BCUT2D eigenvalue weighted by Crippen LogP contribution is 2.53. The molecule has 0 aliphatic rings. The van der Waals surface area contributed by atoms with E-state index in [4.69, 9.17) is 3.63 Å². The number of Topliss-reactive ketones (excluding diaryl/α,β-unsaturated/α-hetero) is 1. The highest BCUT2D eigenvalue weighted by Gasteiger charge is 2.34. The third-order valence-corrected chi connectivity index (χ3v) is 9.93. The zero-order valence-electron chi connectivity index (χ0n) is 16.8. The Bertz CT molecular complexity index is 656. The summed E-state index contributed by atoms with van der Waals surface area (Å²) in [5.41, 5.74) is 0.995. The van der Waals surface area contributed by atoms with Crippen LogP contribution in [0.3, 0.4) is 0 Å². The van der Waals surface area contributed by atoms with Gasteiger partial charge in [-0.15, -0.1) is 10.3 Å². The van der Waals surface area contributed by atoms with Gasteiger partial charge >= 0.3 is 10.1 Å². The second-order valence-electron chi connectivity index (χ2n) is 7.18. The maximum atomic E-state index is 12.9. The molecular formula is C20H34O4S2. The van der Waals surface area contributed by atoms with Gasteiger partial charge in [0.25, 0.3) is 0 Å². The lowest BCUT2D eigenvalue weighted by Gasteiger charge is -2.38. The number of aryl methyl sites for hydroxylation is 1. The molecule has 1 aromatic carbocycles. The molecule has 0 aromatic heterocycles. The van der Waals surface area contributed by atoms with Crippen LogP contribution in [0.1, 0.15) is 58.9 Å². The fourth-order valence-corrected chi connectivity index (χ4v) is 8.53. The number of benzene rings is 1. The van der Waals surface area contributed by atoms with Crippen LogP contribution in [0.5, 0.6) is 0 Å². The van der Waals surface area contributed by atoms with Gasteiger partial charge in [-0.1, -0.05) is 58.2 Å². The highest BCUT2D eigenvalue weighted by molar-refractivity contribution is 8.33. The number of hydrogen-bond donors (Lipinski definition) is 0. The molecule has 150 valence electrons. The predicted molar refractivity (Wildman–Crippen MR) is 111 cm³/mol. The quantitative estimate of drug-likeness (QED) is 0.479. The molecule has 6 heteroatoms. The standard InChI is InChI=1S/C20H34O4S2/c1-6-8-14-25(15-9-7-2,16-20(21)17(3)4)24-26(22,23)19-12-10-18(5)11-13-19/h10-13,17H,6-9,14-16H2,1-5H3. The minimum Gasteiger partial charge on any atom is -0.298 e. The minimum absolute atomic E-state index is 0.0892. The molecule has 0 fully saturated rings. The van der Waals surface area contributed by atoms with Crippen molar-refractivity contribution in [1.82, 2.24) is 0 Å². The van der Waals surface area contributed by atoms with E-state index in [1.165, 1.54) is 0 Å². The van der Waals surface area contributed by atoms with Crippen molar-refractivity contribution < 1.29 is 16.8 Å². The van der Waals surface area contributed by atoms with Gasteiger partial charge < -0.3 is 0 Å². The first kappa shape index (κ1) is 23.2. The molecule has 0 spiro atoms. The summed E-state index contributed by atoms with van der Waals surface area (Å²) >= 11 is 0. The summed E-state index contributed by atoms with van der Waals surface area (Å²) in [6.45, 7) is 9.78. The van der Waals surface area contributed by atoms with Crippen molar-refractivity contribution in [1.29, 1.82) is 0 Å². The Hall–Kier alpha value is -0.850. The van der Waals surface area contributed by atoms with E-state index in [0.717, 1.165) is 31.2 Å². The van der Waals surface area contributed by atoms with Gasteiger partial charge in [0.05, 0.1) is 10.6 Å². The average Bonchev–Trinajstić information content (AvgIpc) is 2.58. The molecule has 0 aliphatic heterocycles. The topological polar surface area (TPSA) is 60.4 Å². The summed E-state index contributed by atoms with van der Waals surface area (Å²) in [6, 6.07) is 6.70. The smallest absolute Gasteiger partial charge is 0.298 e. The van der Waals surface area contributed by atoms with Crippen molar-refractivity contribution >= 4 is 26.2 Å². The second kappa shape index (κ2) is 10.5. The van der Waals surface area contributed by atoms with Crippen molar-refractivity contribution in [3.8, 4) is 0 Å². The van der Waals surface area contributed by atoms with Crippen molar-refractivity contribution in [2.24, 2.45) is 5.92 Å². The zero-order valence-corrected chi connectivity index (χ0v) is 18.4. The van der Waals surface area contributed by atoms with Gasteiger partial charge in [0.15, 0.2) is 0 Å². The van der Waals surface area contributed by atoms with Gasteiger partial charge in [0.2, 0.25) is 0 Å². The maximum Gasteiger partial charge on any atom is 0.306 e. The Morgan fingerprint density at radius 1 is 1.00 bits per heavy atom. The SMILES string of the molecule is CCCCS(CCCC)(CC(=O)C(C)C)OS(=O)(=O)c1ccc(C)cc1. The van der Waals surface area contributed by atoms with Crippen LogP contribution in [0.2, 0.25) is 0 Å². The monoisotopic (exact) mass is 402 g/mol. The number of carbonyl (C=O) groups excluding carboxylic acids is 1. The fourth-order valence-electron chi connectivity index (χ4n) is 2.51. The van der Waals surface area contributed by atoms with E-state index in [1.807, 2.05) is 20.8 Å². The minimum atomic E-state index is -3.88. The molecule has 0 atom stereocenters. The van der Waals surface area contributed by atoms with E-state index >= 15 is 0 Å². The van der Waals surface area contributed by atoms with Crippen LogP contribution in [0, 0.1) is 12.8 Å². The third kappa shape index (κ3) is 7.05. The summed E-state index contributed by atoms with van der Waals surface area (Å²) in [5.74, 6) is 1.53. The molecule has 0 radical (unpaired) electrons. The largest absolute Gasteiger partial charge is 0.306 e. The summed E-state index contributed by atoms with van der Waals surface area (Å²) in [5, 5.41) is 0. The fraction of sp³-hybridized carbons (Fsp3) is 0.650. The molecule has 0 saturated heterocycles. The first-order valence-electron chi connectivity index (χ1n) is 9.47. The van der Waals surface area contributed by atoms with E-state index in [2.05, 4.69) is 13.8 Å². The summed E-state index contributed by atoms with van der Waals surface area (Å²) in [6.07, 6.45) is 3.64. The van der Waals surface area contributed by atoms with Crippen LogP contribution in [0.25, 0.3) is 0 Å². The Balaban J connectivity index is 3.21. The van der Waals surface area contributed by atoms with Crippen molar-refractivity contribution in [3.05, 3.63) is 29.8 Å². The molecule has 1 rings (SSSR count). The van der Waals surface area contributed by atoms with Crippen molar-refractivity contribution in [3.63, 3.8) is 0 Å². The lowest BCUT2D eigenvalue weighted by Crippen LogP contribution is -2.27. The molecule has 26 heavy (non-hydrogen) atoms. The van der Waals surface area contributed by atoms with Crippen LogP contribution in [0.15, 0.2) is 29.2 Å². The first-order valence-corrected chi connectivity index (χ1v) is 12.9. The molecule has 0 heterocycles. The van der Waals surface area contributed by atoms with E-state index in [0.29, 0.717) is 11.5 Å². The Kier molecular flexibility index (Phi) is 9.34. The highest BCUT2D eigenvalue weighted by atomic mass is 32.3. The molecule has 0 bridgehead atoms. The predicted octanol–water partition coefficient (Wildman–Crippen LogP) is 5.25. The molecule has 0 N–H and O–H groups in total. The van der Waals surface area contributed by atoms with E-state index in [9.17, 15) is 13.2 Å². The van der Waals surface area contributed by atoms with Crippen LogP contribution in [-0.4, -0.2) is 31.5 Å². The summed E-state index contributed by atoms with van der Waals surface area (Å²) in [7, 11) is -5.90. The summed E-state index contributed by atoms with van der Waals surface area (Å²) < 4.78 is 31.8. The van der Waals surface area contributed by atoms with E-state index in [1.54, 1.807) is 24.3 Å². The van der Waals surface area contributed by atoms with Gasteiger partial charge in [-0.05, 0) is 31.9 Å². The summed E-state index contributed by atoms with van der Waals surface area (Å²) in [4.78, 5) is 12.7. The number of hydrogen-bond acceptors (Lipinski definition) is 4. The molecule has 0 amide bonds. The van der Waals surface area contributed by atoms with Crippen LogP contribution in [-0.2, 0) is 18.5 Å². The number of rotatable bonds is 12. The van der Waals surface area contributed by atoms with Gasteiger partial charge in [-0.2, -0.15) is 8.42 Å². The Labute approximate surface area is 161 Å². The van der Waals surface area contributed by atoms with E-state index in [-0.39, 0.29) is 22.3 Å². The molecule has 1 aromatic rings. The van der Waals surface area contributed by atoms with Gasteiger partial charge in [-0.3, -0.25) is 4.79 Å². The van der Waals surface area contributed by atoms with Crippen LogP contribution < -0.4 is 0 Å². The lowest BCUT2D eigenvalue weighted by atomic mass is 10.1. The van der Waals surface area contributed by atoms with E-state index < -0.39 is 20.4 Å². The number of unbranched alkanes of at least 4 members (excludes halogenated alkanes) is 2.